The van der Waals surface area contributed by atoms with Crippen LogP contribution in [0.25, 0.3) is 5.69 Å². The van der Waals surface area contributed by atoms with E-state index in [1.165, 1.54) is 11.0 Å². The lowest BCUT2D eigenvalue weighted by Gasteiger charge is -2.20. The first-order chi connectivity index (χ1) is 14.0. The van der Waals surface area contributed by atoms with Crippen molar-refractivity contribution in [3.63, 3.8) is 0 Å². The molecule has 1 amide bonds. The standard InChI is InChI=1S/C19H18ClN5O3S/c20-17-7-2-1-6-16(17)18-8-9-24(10-11-29(18,27)28)19(26)14-4-3-5-15(12-14)25-13-21-22-23-25/h1-7,12-13,18H,8-11H2. The van der Waals surface area contributed by atoms with E-state index in [-0.39, 0.29) is 18.2 Å². The minimum Gasteiger partial charge on any atom is -0.338 e. The molecule has 0 bridgehead atoms. The van der Waals surface area contributed by atoms with Gasteiger partial charge in [0.05, 0.1) is 16.7 Å². The molecule has 8 nitrogen and oxygen atoms in total. The van der Waals surface area contributed by atoms with Gasteiger partial charge >= 0.3 is 0 Å². The molecule has 3 aromatic rings. The number of tetrazole rings is 1. The second-order valence-electron chi connectivity index (χ2n) is 6.76. The number of carbonyl (C=O) groups is 1. The smallest absolute Gasteiger partial charge is 0.253 e. The van der Waals surface area contributed by atoms with Crippen molar-refractivity contribution < 1.29 is 13.2 Å². The summed E-state index contributed by atoms with van der Waals surface area (Å²) < 4.78 is 27.1. The molecule has 29 heavy (non-hydrogen) atoms. The van der Waals surface area contributed by atoms with E-state index in [9.17, 15) is 13.2 Å². The highest BCUT2D eigenvalue weighted by Gasteiger charge is 2.34. The van der Waals surface area contributed by atoms with Gasteiger partial charge in [0.15, 0.2) is 9.84 Å². The van der Waals surface area contributed by atoms with Gasteiger partial charge < -0.3 is 4.90 Å². The second-order valence-corrected chi connectivity index (χ2v) is 9.47. The summed E-state index contributed by atoms with van der Waals surface area (Å²) in [6.45, 7) is 0.459. The van der Waals surface area contributed by atoms with E-state index in [2.05, 4.69) is 15.5 Å². The van der Waals surface area contributed by atoms with Crippen molar-refractivity contribution in [1.29, 1.82) is 0 Å². The molecule has 1 aromatic heterocycles. The zero-order valence-corrected chi connectivity index (χ0v) is 16.9. The van der Waals surface area contributed by atoms with Crippen molar-refractivity contribution in [3.8, 4) is 5.69 Å². The average molecular weight is 432 g/mol. The van der Waals surface area contributed by atoms with Crippen LogP contribution in [0.15, 0.2) is 54.9 Å². The highest BCUT2D eigenvalue weighted by Crippen LogP contribution is 2.34. The number of rotatable bonds is 3. The van der Waals surface area contributed by atoms with Crippen LogP contribution in [-0.4, -0.2) is 58.3 Å². The molecule has 150 valence electrons. The largest absolute Gasteiger partial charge is 0.338 e. The number of nitrogens with zero attached hydrogens (tertiary/aromatic N) is 5. The fourth-order valence-electron chi connectivity index (χ4n) is 3.48. The molecule has 10 heteroatoms. The number of carbonyl (C=O) groups excluding carboxylic acids is 1. The lowest BCUT2D eigenvalue weighted by Crippen LogP contribution is -2.33. The Morgan fingerprint density at radius 1 is 1.10 bits per heavy atom. The molecular weight excluding hydrogens is 414 g/mol. The van der Waals surface area contributed by atoms with Gasteiger partial charge in [0.25, 0.3) is 5.91 Å². The van der Waals surface area contributed by atoms with Crippen LogP contribution in [0, 0.1) is 0 Å². The monoisotopic (exact) mass is 431 g/mol. The first-order valence-electron chi connectivity index (χ1n) is 9.04. The van der Waals surface area contributed by atoms with Crippen LogP contribution in [0.4, 0.5) is 0 Å². The van der Waals surface area contributed by atoms with Crippen LogP contribution in [0.5, 0.6) is 0 Å². The van der Waals surface area contributed by atoms with Crippen molar-refractivity contribution in [3.05, 3.63) is 71.0 Å². The number of aromatic nitrogens is 4. The molecule has 0 aliphatic carbocycles. The Morgan fingerprint density at radius 3 is 2.69 bits per heavy atom. The molecular formula is C19H18ClN5O3S. The topological polar surface area (TPSA) is 98.1 Å². The van der Waals surface area contributed by atoms with E-state index in [1.54, 1.807) is 53.4 Å². The SMILES string of the molecule is O=C(c1cccc(-n2cnnn2)c1)N1CCC(c2ccccc2Cl)S(=O)(=O)CC1. The van der Waals surface area contributed by atoms with Gasteiger partial charge in [-0.15, -0.1) is 5.10 Å². The number of hydrogen-bond acceptors (Lipinski definition) is 6. The Morgan fingerprint density at radius 2 is 1.93 bits per heavy atom. The molecule has 1 aliphatic rings. The highest BCUT2D eigenvalue weighted by molar-refractivity contribution is 7.91. The number of benzene rings is 2. The summed E-state index contributed by atoms with van der Waals surface area (Å²) in [6.07, 6.45) is 1.74. The van der Waals surface area contributed by atoms with Gasteiger partial charge in [0.2, 0.25) is 0 Å². The molecule has 1 atom stereocenters. The minimum atomic E-state index is -3.44. The van der Waals surface area contributed by atoms with E-state index < -0.39 is 15.1 Å². The van der Waals surface area contributed by atoms with Crippen molar-refractivity contribution >= 4 is 27.3 Å². The van der Waals surface area contributed by atoms with Crippen LogP contribution in [-0.2, 0) is 9.84 Å². The average Bonchev–Trinajstić information content (AvgIpc) is 3.21. The predicted octanol–water partition coefficient (Wildman–Crippen LogP) is 2.32. The second kappa shape index (κ2) is 7.92. The Kier molecular flexibility index (Phi) is 5.33. The summed E-state index contributed by atoms with van der Waals surface area (Å²) in [4.78, 5) is 14.6. The minimum absolute atomic E-state index is 0.110. The van der Waals surface area contributed by atoms with Gasteiger partial charge in [0.1, 0.15) is 6.33 Å². The number of halogens is 1. The summed E-state index contributed by atoms with van der Waals surface area (Å²) >= 11 is 6.24. The fraction of sp³-hybridized carbons (Fsp3) is 0.263. The molecule has 1 unspecified atom stereocenters. The highest BCUT2D eigenvalue weighted by atomic mass is 35.5. The van der Waals surface area contributed by atoms with Crippen molar-refractivity contribution in [2.45, 2.75) is 11.7 Å². The van der Waals surface area contributed by atoms with Gasteiger partial charge in [0, 0.05) is 23.7 Å². The number of amides is 1. The number of hydrogen-bond donors (Lipinski definition) is 0. The zero-order chi connectivity index (χ0) is 20.4. The first kappa shape index (κ1) is 19.5. The number of sulfone groups is 1. The van der Waals surface area contributed by atoms with E-state index in [0.717, 1.165) is 0 Å². The lowest BCUT2D eigenvalue weighted by molar-refractivity contribution is 0.0766. The van der Waals surface area contributed by atoms with Crippen LogP contribution in [0.3, 0.4) is 0 Å². The molecule has 2 aromatic carbocycles. The maximum Gasteiger partial charge on any atom is 0.253 e. The van der Waals surface area contributed by atoms with Gasteiger partial charge in [-0.3, -0.25) is 4.79 Å². The van der Waals surface area contributed by atoms with E-state index >= 15 is 0 Å². The van der Waals surface area contributed by atoms with Crippen LogP contribution >= 0.6 is 11.6 Å². The van der Waals surface area contributed by atoms with Crippen LogP contribution in [0.1, 0.15) is 27.6 Å². The zero-order valence-electron chi connectivity index (χ0n) is 15.3. The van der Waals surface area contributed by atoms with Crippen molar-refractivity contribution in [2.75, 3.05) is 18.8 Å². The summed E-state index contributed by atoms with van der Waals surface area (Å²) in [5.74, 6) is -0.337. The third kappa shape index (κ3) is 4.01. The van der Waals surface area contributed by atoms with E-state index in [1.807, 2.05) is 0 Å². The normalized spacial score (nSPS) is 18.9. The molecule has 2 heterocycles. The molecule has 1 fully saturated rings. The lowest BCUT2D eigenvalue weighted by atomic mass is 10.1. The maximum absolute atomic E-state index is 13.0. The molecule has 0 saturated carbocycles. The van der Waals surface area contributed by atoms with Crippen LogP contribution < -0.4 is 0 Å². The van der Waals surface area contributed by atoms with Crippen molar-refractivity contribution in [2.24, 2.45) is 0 Å². The third-order valence-electron chi connectivity index (χ3n) is 4.99. The Labute approximate surface area is 173 Å². The summed E-state index contributed by atoms with van der Waals surface area (Å²) in [7, 11) is -3.44. The summed E-state index contributed by atoms with van der Waals surface area (Å²) in [6, 6.07) is 13.9. The van der Waals surface area contributed by atoms with Crippen molar-refractivity contribution in [1.82, 2.24) is 25.1 Å². The molecule has 0 spiro atoms. The van der Waals surface area contributed by atoms with Gasteiger partial charge in [-0.05, 0) is 46.7 Å². The van der Waals surface area contributed by atoms with E-state index in [0.29, 0.717) is 34.8 Å². The van der Waals surface area contributed by atoms with Gasteiger partial charge in [-0.1, -0.05) is 35.9 Å². The van der Waals surface area contributed by atoms with Gasteiger partial charge in [-0.2, -0.15) is 0 Å². The Hall–Kier alpha value is -2.78. The van der Waals surface area contributed by atoms with Gasteiger partial charge in [-0.25, -0.2) is 13.1 Å². The molecule has 0 N–H and O–H groups in total. The third-order valence-corrected chi connectivity index (χ3v) is 7.44. The van der Waals surface area contributed by atoms with Crippen LogP contribution in [0.2, 0.25) is 5.02 Å². The quantitative estimate of drug-likeness (QED) is 0.631. The first-order valence-corrected chi connectivity index (χ1v) is 11.1. The Bertz CT molecular complexity index is 1130. The molecule has 4 rings (SSSR count). The maximum atomic E-state index is 13.0. The summed E-state index contributed by atoms with van der Waals surface area (Å²) in [5.41, 5.74) is 1.69. The molecule has 1 aliphatic heterocycles. The summed E-state index contributed by atoms with van der Waals surface area (Å²) in [5, 5.41) is 10.7. The fourth-order valence-corrected chi connectivity index (χ4v) is 5.62. The Balaban J connectivity index is 1.58. The van der Waals surface area contributed by atoms with E-state index in [4.69, 9.17) is 11.6 Å². The molecule has 1 saturated heterocycles. The predicted molar refractivity (Wildman–Crippen MR) is 108 cm³/mol. The molecule has 0 radical (unpaired) electrons.